The van der Waals surface area contributed by atoms with E-state index in [1.165, 1.54) is 5.01 Å². The van der Waals surface area contributed by atoms with E-state index in [-0.39, 0.29) is 42.7 Å². The molecular formula is C23H22ClN5O4. The lowest BCUT2D eigenvalue weighted by Crippen LogP contribution is -2.50. The van der Waals surface area contributed by atoms with Gasteiger partial charge in [0.2, 0.25) is 11.8 Å². The summed E-state index contributed by atoms with van der Waals surface area (Å²) in [6, 6.07) is 11.3. The van der Waals surface area contributed by atoms with Crippen LogP contribution in [0, 0.1) is 0 Å². The maximum absolute atomic E-state index is 13.2. The second-order valence-corrected chi connectivity index (χ2v) is 8.15. The fraction of sp³-hybridized carbons (Fsp3) is 0.261. The molecule has 170 valence electrons. The van der Waals surface area contributed by atoms with Crippen LogP contribution in [0.15, 0.2) is 47.3 Å². The van der Waals surface area contributed by atoms with Gasteiger partial charge in [-0.3, -0.25) is 24.6 Å². The minimum atomic E-state index is -0.298. The molecular weight excluding hydrogens is 446 g/mol. The van der Waals surface area contributed by atoms with Crippen LogP contribution in [0.3, 0.4) is 0 Å². The Morgan fingerprint density at radius 1 is 1.12 bits per heavy atom. The first-order valence-corrected chi connectivity index (χ1v) is 10.9. The molecule has 0 saturated carbocycles. The lowest BCUT2D eigenvalue weighted by molar-refractivity contribution is -0.130. The number of hydrogen-bond donors (Lipinski definition) is 2. The van der Waals surface area contributed by atoms with E-state index in [9.17, 15) is 19.2 Å². The smallest absolute Gasteiger partial charge is 0.258 e. The lowest BCUT2D eigenvalue weighted by atomic mass is 10.1. The molecule has 1 fully saturated rings. The molecule has 4 rings (SSSR count). The summed E-state index contributed by atoms with van der Waals surface area (Å²) in [6.45, 7) is 2.52. The summed E-state index contributed by atoms with van der Waals surface area (Å²) in [5.74, 6) is -0.337. The Hall–Kier alpha value is -3.72. The summed E-state index contributed by atoms with van der Waals surface area (Å²) >= 11 is 6.03. The van der Waals surface area contributed by atoms with Crippen LogP contribution in [0.2, 0.25) is 5.02 Å². The van der Waals surface area contributed by atoms with Gasteiger partial charge in [0, 0.05) is 30.0 Å². The van der Waals surface area contributed by atoms with E-state index in [4.69, 9.17) is 11.6 Å². The van der Waals surface area contributed by atoms with E-state index in [0.717, 1.165) is 0 Å². The van der Waals surface area contributed by atoms with Gasteiger partial charge in [-0.25, -0.2) is 9.99 Å². The molecule has 3 amide bonds. The third kappa shape index (κ3) is 4.88. The van der Waals surface area contributed by atoms with Crippen molar-refractivity contribution in [2.75, 3.05) is 11.6 Å². The van der Waals surface area contributed by atoms with Gasteiger partial charge in [0.05, 0.1) is 23.1 Å². The summed E-state index contributed by atoms with van der Waals surface area (Å²) < 4.78 is 0. The monoisotopic (exact) mass is 467 g/mol. The van der Waals surface area contributed by atoms with Crippen LogP contribution < -0.4 is 16.0 Å². The van der Waals surface area contributed by atoms with Crippen LogP contribution in [0.25, 0.3) is 10.9 Å². The number of aromatic amines is 1. The molecule has 3 aromatic rings. The van der Waals surface area contributed by atoms with Crippen LogP contribution >= 0.6 is 11.6 Å². The average molecular weight is 468 g/mol. The second-order valence-electron chi connectivity index (χ2n) is 7.71. The van der Waals surface area contributed by atoms with Crippen molar-refractivity contribution in [1.29, 1.82) is 0 Å². The van der Waals surface area contributed by atoms with E-state index in [1.807, 2.05) is 6.92 Å². The number of benzene rings is 2. The highest BCUT2D eigenvalue weighted by molar-refractivity contribution is 6.31. The van der Waals surface area contributed by atoms with Crippen molar-refractivity contribution in [3.63, 3.8) is 0 Å². The topological polar surface area (TPSA) is 115 Å². The van der Waals surface area contributed by atoms with Crippen molar-refractivity contribution in [3.8, 4) is 0 Å². The lowest BCUT2D eigenvalue weighted by Gasteiger charge is -2.27. The number of fused-ring (bicyclic) bond motifs is 1. The maximum Gasteiger partial charge on any atom is 0.258 e. The Kier molecular flexibility index (Phi) is 6.41. The Labute approximate surface area is 194 Å². The van der Waals surface area contributed by atoms with Crippen LogP contribution in [0.4, 0.5) is 5.69 Å². The first-order valence-electron chi connectivity index (χ1n) is 10.6. The van der Waals surface area contributed by atoms with Gasteiger partial charge in [0.25, 0.3) is 11.5 Å². The van der Waals surface area contributed by atoms with Crippen molar-refractivity contribution in [2.45, 2.75) is 32.7 Å². The molecule has 1 aliphatic rings. The van der Waals surface area contributed by atoms with E-state index < -0.39 is 0 Å². The highest BCUT2D eigenvalue weighted by atomic mass is 35.5. The number of H-pyrrole nitrogens is 1. The van der Waals surface area contributed by atoms with Crippen molar-refractivity contribution in [1.82, 2.24) is 20.3 Å². The first kappa shape index (κ1) is 22.5. The van der Waals surface area contributed by atoms with Gasteiger partial charge in [0.15, 0.2) is 0 Å². The van der Waals surface area contributed by atoms with Gasteiger partial charge in [-0.2, -0.15) is 0 Å². The van der Waals surface area contributed by atoms with Crippen LogP contribution in [0.1, 0.15) is 42.4 Å². The number of hydrazine groups is 1. The molecule has 0 bridgehead atoms. The standard InChI is InChI=1S/C23H22ClN5O4/c1-2-11-28(13-19-25-18-12-15(24)5-8-17(18)22(32)26-19)23(33)14-3-6-16(7-4-14)29-21(31)10-9-20(30)27-29/h3-8,12H,2,9-11,13H2,1H3,(H,27,30)(H,25,26,32). The summed E-state index contributed by atoms with van der Waals surface area (Å²) in [5.41, 5.74) is 3.58. The number of nitrogens with one attached hydrogen (secondary N) is 2. The fourth-order valence-corrected chi connectivity index (χ4v) is 3.82. The van der Waals surface area contributed by atoms with Gasteiger partial charge in [-0.1, -0.05) is 18.5 Å². The van der Waals surface area contributed by atoms with Crippen molar-refractivity contribution in [2.24, 2.45) is 0 Å². The molecule has 33 heavy (non-hydrogen) atoms. The van der Waals surface area contributed by atoms with E-state index >= 15 is 0 Å². The molecule has 2 heterocycles. The fourth-order valence-electron chi connectivity index (χ4n) is 3.66. The van der Waals surface area contributed by atoms with Gasteiger partial charge in [0.1, 0.15) is 5.82 Å². The third-order valence-electron chi connectivity index (χ3n) is 5.26. The SMILES string of the molecule is CCCN(Cc1nc2cc(Cl)ccc2c(=O)[nH]1)C(=O)c1ccc(N2NC(=O)CCC2=O)cc1. The predicted octanol–water partition coefficient (Wildman–Crippen LogP) is 2.79. The Morgan fingerprint density at radius 2 is 1.88 bits per heavy atom. The normalized spacial score (nSPS) is 13.8. The number of aromatic nitrogens is 2. The maximum atomic E-state index is 13.2. The number of nitrogens with zero attached hydrogens (tertiary/aromatic N) is 3. The molecule has 10 heteroatoms. The third-order valence-corrected chi connectivity index (χ3v) is 5.50. The first-order chi connectivity index (χ1) is 15.9. The van der Waals surface area contributed by atoms with Crippen LogP contribution in [0.5, 0.6) is 0 Å². The van der Waals surface area contributed by atoms with E-state index in [2.05, 4.69) is 15.4 Å². The number of hydrogen-bond acceptors (Lipinski definition) is 5. The number of rotatable bonds is 6. The molecule has 1 aromatic heterocycles. The van der Waals surface area contributed by atoms with Crippen molar-refractivity contribution < 1.29 is 14.4 Å². The van der Waals surface area contributed by atoms with Crippen molar-refractivity contribution in [3.05, 3.63) is 69.2 Å². The zero-order valence-electron chi connectivity index (χ0n) is 17.9. The summed E-state index contributed by atoms with van der Waals surface area (Å²) in [4.78, 5) is 58.1. The van der Waals surface area contributed by atoms with Gasteiger partial charge < -0.3 is 9.88 Å². The summed E-state index contributed by atoms with van der Waals surface area (Å²) in [7, 11) is 0. The molecule has 0 spiro atoms. The van der Waals surface area contributed by atoms with Crippen molar-refractivity contribution >= 4 is 45.9 Å². The molecule has 2 aromatic carbocycles. The molecule has 0 unspecified atom stereocenters. The minimum absolute atomic E-state index is 0.118. The quantitative estimate of drug-likeness (QED) is 0.578. The Balaban J connectivity index is 1.56. The predicted molar refractivity (Wildman–Crippen MR) is 124 cm³/mol. The van der Waals surface area contributed by atoms with Gasteiger partial charge in [-0.05, 0) is 48.9 Å². The zero-order chi connectivity index (χ0) is 23.5. The molecule has 9 nitrogen and oxygen atoms in total. The summed E-state index contributed by atoms with van der Waals surface area (Å²) in [6.07, 6.45) is 1.01. The molecule has 0 atom stereocenters. The van der Waals surface area contributed by atoms with E-state index in [1.54, 1.807) is 47.4 Å². The van der Waals surface area contributed by atoms with Crippen LogP contribution in [-0.2, 0) is 16.1 Å². The molecule has 2 N–H and O–H groups in total. The van der Waals surface area contributed by atoms with Gasteiger partial charge in [-0.15, -0.1) is 0 Å². The number of halogens is 1. The molecule has 1 aliphatic heterocycles. The highest BCUT2D eigenvalue weighted by Crippen LogP contribution is 2.20. The molecule has 0 radical (unpaired) electrons. The average Bonchev–Trinajstić information content (AvgIpc) is 2.80. The minimum Gasteiger partial charge on any atom is -0.331 e. The second kappa shape index (κ2) is 9.41. The van der Waals surface area contributed by atoms with Gasteiger partial charge >= 0.3 is 0 Å². The number of carbonyl (C=O) groups is 3. The number of anilines is 1. The summed E-state index contributed by atoms with van der Waals surface area (Å²) in [5, 5.41) is 2.08. The van der Waals surface area contributed by atoms with Crippen LogP contribution in [-0.4, -0.2) is 39.1 Å². The largest absolute Gasteiger partial charge is 0.331 e. The Bertz CT molecular complexity index is 1290. The molecule has 0 aliphatic carbocycles. The Morgan fingerprint density at radius 3 is 2.61 bits per heavy atom. The number of carbonyl (C=O) groups excluding carboxylic acids is 3. The highest BCUT2D eigenvalue weighted by Gasteiger charge is 2.25. The van der Waals surface area contributed by atoms with E-state index in [0.29, 0.717) is 46.0 Å². The zero-order valence-corrected chi connectivity index (χ0v) is 18.7. The molecule has 1 saturated heterocycles. The number of amides is 3.